The largest absolute Gasteiger partial charge is 0.493 e. The highest BCUT2D eigenvalue weighted by atomic mass is 35.5. The van der Waals surface area contributed by atoms with Gasteiger partial charge in [-0.25, -0.2) is 0 Å². The maximum Gasteiger partial charge on any atom is 0.310 e. The Morgan fingerprint density at radius 3 is 2.41 bits per heavy atom. The van der Waals surface area contributed by atoms with Crippen LogP contribution in [0.3, 0.4) is 0 Å². The van der Waals surface area contributed by atoms with Gasteiger partial charge in [0.15, 0.2) is 18.1 Å². The molecule has 0 saturated carbocycles. The van der Waals surface area contributed by atoms with Gasteiger partial charge in [-0.1, -0.05) is 28.9 Å². The van der Waals surface area contributed by atoms with Gasteiger partial charge in [0.1, 0.15) is 0 Å². The SMILES string of the molecule is COc1cc(CC(=O)OCc2nc(-c3cccc(Cl)c3)no2)cc(OC)c1OC. The second-order valence-corrected chi connectivity index (χ2v) is 6.33. The van der Waals surface area contributed by atoms with Crippen molar-refractivity contribution in [3.05, 3.63) is 52.9 Å². The number of methoxy groups -OCH3 is 3. The van der Waals surface area contributed by atoms with Crippen LogP contribution in [0.15, 0.2) is 40.9 Å². The van der Waals surface area contributed by atoms with E-state index < -0.39 is 5.97 Å². The molecule has 9 heteroatoms. The van der Waals surface area contributed by atoms with E-state index in [2.05, 4.69) is 10.1 Å². The number of hydrogen-bond donors (Lipinski definition) is 0. The number of esters is 1. The first-order chi connectivity index (χ1) is 14.0. The van der Waals surface area contributed by atoms with Crippen LogP contribution in [0.25, 0.3) is 11.4 Å². The van der Waals surface area contributed by atoms with E-state index in [1.807, 2.05) is 0 Å². The number of benzene rings is 2. The van der Waals surface area contributed by atoms with Gasteiger partial charge in [-0.05, 0) is 29.8 Å². The monoisotopic (exact) mass is 418 g/mol. The van der Waals surface area contributed by atoms with Crippen molar-refractivity contribution in [2.24, 2.45) is 0 Å². The maximum atomic E-state index is 12.2. The maximum absolute atomic E-state index is 12.2. The van der Waals surface area contributed by atoms with Gasteiger partial charge >= 0.3 is 5.97 Å². The summed E-state index contributed by atoms with van der Waals surface area (Å²) >= 11 is 5.96. The molecule has 152 valence electrons. The van der Waals surface area contributed by atoms with Gasteiger partial charge in [-0.3, -0.25) is 4.79 Å². The molecule has 2 aromatic carbocycles. The number of hydrogen-bond acceptors (Lipinski definition) is 8. The number of carbonyl (C=O) groups excluding carboxylic acids is 1. The Kier molecular flexibility index (Phi) is 6.56. The molecule has 1 aromatic heterocycles. The topological polar surface area (TPSA) is 92.9 Å². The summed E-state index contributed by atoms with van der Waals surface area (Å²) in [4.78, 5) is 16.4. The van der Waals surface area contributed by atoms with Crippen LogP contribution in [-0.4, -0.2) is 37.4 Å². The molecule has 1 heterocycles. The first-order valence-electron chi connectivity index (χ1n) is 8.57. The van der Waals surface area contributed by atoms with Crippen molar-refractivity contribution in [1.29, 1.82) is 0 Å². The fourth-order valence-corrected chi connectivity index (χ4v) is 2.85. The van der Waals surface area contributed by atoms with E-state index >= 15 is 0 Å². The minimum Gasteiger partial charge on any atom is -0.493 e. The fraction of sp³-hybridized carbons (Fsp3) is 0.250. The molecule has 0 atom stereocenters. The van der Waals surface area contributed by atoms with Crippen LogP contribution in [-0.2, 0) is 22.6 Å². The Morgan fingerprint density at radius 2 is 1.79 bits per heavy atom. The highest BCUT2D eigenvalue weighted by Gasteiger charge is 2.16. The van der Waals surface area contributed by atoms with Gasteiger partial charge in [-0.15, -0.1) is 0 Å². The number of nitrogens with zero attached hydrogens (tertiary/aromatic N) is 2. The molecule has 3 aromatic rings. The molecule has 0 saturated heterocycles. The van der Waals surface area contributed by atoms with Crippen molar-refractivity contribution in [2.45, 2.75) is 13.0 Å². The van der Waals surface area contributed by atoms with Crippen LogP contribution in [0.5, 0.6) is 17.2 Å². The van der Waals surface area contributed by atoms with Crippen molar-refractivity contribution in [2.75, 3.05) is 21.3 Å². The van der Waals surface area contributed by atoms with Crippen molar-refractivity contribution >= 4 is 17.6 Å². The Morgan fingerprint density at radius 1 is 1.07 bits per heavy atom. The lowest BCUT2D eigenvalue weighted by molar-refractivity contribution is -0.144. The van der Waals surface area contributed by atoms with Gasteiger partial charge in [-0.2, -0.15) is 4.98 Å². The van der Waals surface area contributed by atoms with E-state index in [1.165, 1.54) is 21.3 Å². The van der Waals surface area contributed by atoms with Crippen LogP contribution in [0, 0.1) is 0 Å². The molecule has 8 nitrogen and oxygen atoms in total. The zero-order valence-electron chi connectivity index (χ0n) is 16.1. The summed E-state index contributed by atoms with van der Waals surface area (Å²) in [6.45, 7) is -0.142. The number of rotatable bonds is 8. The van der Waals surface area contributed by atoms with Crippen LogP contribution in [0.1, 0.15) is 11.5 Å². The standard InChI is InChI=1S/C20H19ClN2O6/c1-25-15-7-12(8-16(26-2)19(15)27-3)9-18(24)28-11-17-22-20(23-29-17)13-5-4-6-14(21)10-13/h4-8,10H,9,11H2,1-3H3. The number of aromatic nitrogens is 2. The summed E-state index contributed by atoms with van der Waals surface area (Å²) in [5.74, 6) is 1.44. The van der Waals surface area contributed by atoms with E-state index in [-0.39, 0.29) is 18.9 Å². The van der Waals surface area contributed by atoms with E-state index in [0.717, 1.165) is 0 Å². The van der Waals surface area contributed by atoms with E-state index in [4.69, 9.17) is 35.1 Å². The summed E-state index contributed by atoms with van der Waals surface area (Å²) in [5, 5.41) is 4.43. The third-order valence-corrected chi connectivity index (χ3v) is 4.22. The van der Waals surface area contributed by atoms with Crippen LogP contribution in [0.2, 0.25) is 5.02 Å². The Labute approximate surface area is 172 Å². The molecule has 29 heavy (non-hydrogen) atoms. The third-order valence-electron chi connectivity index (χ3n) is 3.98. The second kappa shape index (κ2) is 9.29. The van der Waals surface area contributed by atoms with Crippen LogP contribution < -0.4 is 14.2 Å². The summed E-state index contributed by atoms with van der Waals surface area (Å²) in [7, 11) is 4.52. The van der Waals surface area contributed by atoms with Gasteiger partial charge in [0, 0.05) is 10.6 Å². The van der Waals surface area contributed by atoms with Gasteiger partial charge in [0.25, 0.3) is 5.89 Å². The van der Waals surface area contributed by atoms with E-state index in [0.29, 0.717) is 39.2 Å². The summed E-state index contributed by atoms with van der Waals surface area (Å²) in [6, 6.07) is 10.4. The molecule has 0 aliphatic heterocycles. The van der Waals surface area contributed by atoms with E-state index in [9.17, 15) is 4.79 Å². The Bertz CT molecular complexity index is 979. The van der Waals surface area contributed by atoms with Crippen molar-refractivity contribution in [3.8, 4) is 28.6 Å². The van der Waals surface area contributed by atoms with Crippen LogP contribution in [0.4, 0.5) is 0 Å². The first kappa shape index (κ1) is 20.5. The molecular formula is C20H19ClN2O6. The normalized spacial score (nSPS) is 10.5. The quantitative estimate of drug-likeness (QED) is 0.511. The van der Waals surface area contributed by atoms with Crippen LogP contribution >= 0.6 is 11.6 Å². The second-order valence-electron chi connectivity index (χ2n) is 5.89. The van der Waals surface area contributed by atoms with Crippen molar-refractivity contribution in [3.63, 3.8) is 0 Å². The lowest BCUT2D eigenvalue weighted by Crippen LogP contribution is -2.09. The molecule has 0 amide bonds. The molecule has 0 aliphatic rings. The lowest BCUT2D eigenvalue weighted by atomic mass is 10.1. The molecular weight excluding hydrogens is 400 g/mol. The summed E-state index contributed by atoms with van der Waals surface area (Å²) < 4.78 is 26.2. The van der Waals surface area contributed by atoms with Gasteiger partial charge < -0.3 is 23.5 Å². The van der Waals surface area contributed by atoms with Crippen molar-refractivity contribution < 1.29 is 28.3 Å². The Balaban J connectivity index is 1.63. The molecule has 0 unspecified atom stereocenters. The molecule has 3 rings (SSSR count). The third kappa shape index (κ3) is 4.97. The molecule has 0 bridgehead atoms. The highest BCUT2D eigenvalue weighted by Crippen LogP contribution is 2.38. The number of carbonyl (C=O) groups is 1. The molecule has 0 N–H and O–H groups in total. The predicted molar refractivity (Wildman–Crippen MR) is 104 cm³/mol. The number of halogens is 1. The minimum atomic E-state index is -0.471. The van der Waals surface area contributed by atoms with Gasteiger partial charge in [0.2, 0.25) is 11.6 Å². The fourth-order valence-electron chi connectivity index (χ4n) is 2.66. The molecule has 0 spiro atoms. The lowest BCUT2D eigenvalue weighted by Gasteiger charge is -2.13. The first-order valence-corrected chi connectivity index (χ1v) is 8.95. The molecule has 0 radical (unpaired) electrons. The number of ether oxygens (including phenoxy) is 4. The molecule has 0 aliphatic carbocycles. The zero-order valence-corrected chi connectivity index (χ0v) is 16.9. The Hall–Kier alpha value is -3.26. The predicted octanol–water partition coefficient (Wildman–Crippen LogP) is 3.70. The average Bonchev–Trinajstić information content (AvgIpc) is 3.20. The zero-order chi connectivity index (χ0) is 20.8. The minimum absolute atomic E-state index is 0.00595. The summed E-state index contributed by atoms with van der Waals surface area (Å²) in [5.41, 5.74) is 1.35. The van der Waals surface area contributed by atoms with Crippen molar-refractivity contribution in [1.82, 2.24) is 10.1 Å². The van der Waals surface area contributed by atoms with Gasteiger partial charge in [0.05, 0.1) is 27.8 Å². The van der Waals surface area contributed by atoms with E-state index in [1.54, 1.807) is 36.4 Å². The smallest absolute Gasteiger partial charge is 0.310 e. The summed E-state index contributed by atoms with van der Waals surface area (Å²) in [6.07, 6.45) is 0.00595. The average molecular weight is 419 g/mol. The molecule has 0 fully saturated rings. The highest BCUT2D eigenvalue weighted by molar-refractivity contribution is 6.30.